The first kappa shape index (κ1) is 56.1. The summed E-state index contributed by atoms with van der Waals surface area (Å²) in [5.41, 5.74) is -0.406. The molecule has 9 amide bonds. The van der Waals surface area contributed by atoms with Crippen molar-refractivity contribution >= 4 is 105 Å². The Balaban J connectivity index is 1.67. The summed E-state index contributed by atoms with van der Waals surface area (Å²) in [6, 6.07) is -3.14. The average molecular weight is 1020 g/mol. The highest BCUT2D eigenvalue weighted by Gasteiger charge is 2.41. The maximum Gasteiger partial charge on any atom is 0.303 e. The number of para-hydroxylation sites is 1. The number of rotatable bonds is 15. The van der Waals surface area contributed by atoms with E-state index in [1.165, 1.54) is 6.92 Å². The zero-order valence-corrected chi connectivity index (χ0v) is 41.4. The van der Waals surface area contributed by atoms with Crippen LogP contribution in [0.15, 0.2) is 30.5 Å². The van der Waals surface area contributed by atoms with E-state index in [9.17, 15) is 62.6 Å². The lowest BCUT2D eigenvalue weighted by Crippen LogP contribution is -2.63. The molecule has 0 radical (unpaired) electrons. The van der Waals surface area contributed by atoms with Gasteiger partial charge >= 0.3 is 5.97 Å². The number of carboxylic acid groups (broad SMARTS) is 1. The Labute approximate surface area is 412 Å². The van der Waals surface area contributed by atoms with Crippen molar-refractivity contribution in [1.82, 2.24) is 52.8 Å². The van der Waals surface area contributed by atoms with Gasteiger partial charge in [0.2, 0.25) is 47.3 Å². The predicted octanol–water partition coefficient (Wildman–Crippen LogP) is -1.91. The lowest BCUT2D eigenvalue weighted by molar-refractivity contribution is -0.138. The van der Waals surface area contributed by atoms with Crippen molar-refractivity contribution in [3.05, 3.63) is 36.0 Å². The van der Waals surface area contributed by atoms with Crippen molar-refractivity contribution in [2.24, 2.45) is 5.92 Å². The highest BCUT2D eigenvalue weighted by molar-refractivity contribution is 7.99. The standard InChI is InChI=1S/C45H62N10O13S2/c1-22(2)15-29-39(63)50-30(16-25-18-46-27-10-8-7-9-26(25)27)40(64)49-28(11-12-36(60)61)38(62)53-33(21-70-14-13-34(58)48-29)43(67)52-32(20-69-6)42(66)51-31-17-45(5,24(4)57)55-35(59)19-47-44(68)37(23(3)56)54-41(31)65/h7-10,18,22,28-33,37,46H,11-17,19-21H2,1-6H3,(H,47,68)(H,48,58)(H,49,64)(H,50,63)(H,51,66)(H,52,67)(H,53,62)(H,54,65)(H,55,59)(H,60,61)/t28-,29-,30-,31-,32?,33-,37-,45-/m0/s1. The first-order valence-electron chi connectivity index (χ1n) is 22.6. The van der Waals surface area contributed by atoms with Crippen LogP contribution in [0, 0.1) is 5.92 Å². The molecule has 2 fully saturated rings. The summed E-state index contributed by atoms with van der Waals surface area (Å²) in [5, 5.41) is 33.0. The summed E-state index contributed by atoms with van der Waals surface area (Å²) in [6.07, 6.45) is 1.66. The smallest absolute Gasteiger partial charge is 0.303 e. The van der Waals surface area contributed by atoms with Crippen LogP contribution in [-0.4, -0.2) is 159 Å². The molecule has 2 aromatic rings. The number of H-pyrrole nitrogens is 1. The number of nitrogens with one attached hydrogen (secondary N) is 10. The lowest BCUT2D eigenvalue weighted by atomic mass is 9.88. The number of aromatic nitrogens is 1. The number of carboxylic acids is 1. The summed E-state index contributed by atoms with van der Waals surface area (Å²) >= 11 is 2.16. The summed E-state index contributed by atoms with van der Waals surface area (Å²) in [6.45, 7) is 6.53. The molecule has 1 unspecified atom stereocenters. The van der Waals surface area contributed by atoms with Crippen LogP contribution in [0.1, 0.15) is 72.3 Å². The van der Waals surface area contributed by atoms with Crippen LogP contribution in [0.3, 0.4) is 0 Å². The molecule has 3 heterocycles. The van der Waals surface area contributed by atoms with Gasteiger partial charge in [-0.2, -0.15) is 23.5 Å². The molecule has 382 valence electrons. The molecule has 2 saturated heterocycles. The zero-order chi connectivity index (χ0) is 51.9. The molecule has 1 aromatic heterocycles. The quantitative estimate of drug-likeness (QED) is 0.0868. The Bertz CT molecular complexity index is 2340. The SMILES string of the molecule is CSCC(NC(=O)[C@@H]1CSCCC(=O)N[C@@H](CC(C)C)C(=O)N[C@@H](Cc2c[nH]c3ccccc23)C(=O)N[C@@H](CCC(=O)O)C(=O)N1)C(=O)N[C@H]1C[C@@](C)(C(C)=O)NC(=O)CNC(=O)[C@H](C(C)=O)NC1=O. The monoisotopic (exact) mass is 1010 g/mol. The number of fused-ring (bicyclic) bond motifs is 1. The van der Waals surface area contributed by atoms with Crippen molar-refractivity contribution in [2.45, 2.75) is 121 Å². The minimum absolute atomic E-state index is 0.0735. The number of aliphatic carboxylic acids is 1. The van der Waals surface area contributed by atoms with Gasteiger partial charge in [0.05, 0.1) is 12.1 Å². The maximum atomic E-state index is 14.3. The number of carbonyl (C=O) groups excluding carboxylic acids is 11. The lowest BCUT2D eigenvalue weighted by Gasteiger charge is -2.32. The van der Waals surface area contributed by atoms with Gasteiger partial charge in [-0.25, -0.2) is 0 Å². The van der Waals surface area contributed by atoms with E-state index >= 15 is 0 Å². The Hall–Kier alpha value is -6.50. The minimum atomic E-state index is -1.78. The largest absolute Gasteiger partial charge is 0.481 e. The topological polar surface area (TPSA) is 349 Å². The number of hydrogen-bond donors (Lipinski definition) is 11. The molecule has 4 rings (SSSR count). The molecule has 0 saturated carbocycles. The fourth-order valence-corrected chi connectivity index (χ4v) is 9.15. The molecule has 23 nitrogen and oxygen atoms in total. The van der Waals surface area contributed by atoms with E-state index in [4.69, 9.17) is 0 Å². The fraction of sp³-hybridized carbons (Fsp3) is 0.556. The normalized spacial score (nSPS) is 25.0. The van der Waals surface area contributed by atoms with Crippen LogP contribution in [-0.2, 0) is 64.0 Å². The Morgan fingerprint density at radius 2 is 1.53 bits per heavy atom. The summed E-state index contributed by atoms with van der Waals surface area (Å²) in [5.74, 6) is -10.9. The van der Waals surface area contributed by atoms with Gasteiger partial charge in [0.1, 0.15) is 36.3 Å². The second-order valence-corrected chi connectivity index (χ2v) is 19.8. The van der Waals surface area contributed by atoms with E-state index in [2.05, 4.69) is 52.8 Å². The van der Waals surface area contributed by atoms with Crippen LogP contribution in [0.4, 0.5) is 0 Å². The molecule has 70 heavy (non-hydrogen) atoms. The van der Waals surface area contributed by atoms with Crippen molar-refractivity contribution in [2.75, 3.05) is 30.1 Å². The first-order chi connectivity index (χ1) is 33.0. The molecule has 0 bridgehead atoms. The molecule has 0 spiro atoms. The number of amides is 9. The van der Waals surface area contributed by atoms with Gasteiger partial charge in [0, 0.05) is 60.0 Å². The highest BCUT2D eigenvalue weighted by Crippen LogP contribution is 2.21. The highest BCUT2D eigenvalue weighted by atomic mass is 32.2. The van der Waals surface area contributed by atoms with Crippen molar-refractivity contribution in [3.8, 4) is 0 Å². The van der Waals surface area contributed by atoms with E-state index in [0.717, 1.165) is 48.3 Å². The zero-order valence-electron chi connectivity index (χ0n) is 39.7. The minimum Gasteiger partial charge on any atom is -0.481 e. The van der Waals surface area contributed by atoms with Gasteiger partial charge in [-0.05, 0) is 57.4 Å². The molecular weight excluding hydrogens is 953 g/mol. The van der Waals surface area contributed by atoms with Crippen LogP contribution >= 0.6 is 23.5 Å². The van der Waals surface area contributed by atoms with Gasteiger partial charge in [-0.15, -0.1) is 0 Å². The summed E-state index contributed by atoms with van der Waals surface area (Å²) in [4.78, 5) is 164. The summed E-state index contributed by atoms with van der Waals surface area (Å²) in [7, 11) is 0. The number of benzene rings is 1. The van der Waals surface area contributed by atoms with Gasteiger partial charge in [0.25, 0.3) is 5.91 Å². The summed E-state index contributed by atoms with van der Waals surface area (Å²) < 4.78 is 0. The fourth-order valence-electron chi connectivity index (χ4n) is 7.61. The van der Waals surface area contributed by atoms with Gasteiger partial charge < -0.3 is 57.9 Å². The third-order valence-corrected chi connectivity index (χ3v) is 13.3. The van der Waals surface area contributed by atoms with E-state index < -0.39 is 144 Å². The molecule has 2 aliphatic rings. The Morgan fingerprint density at radius 1 is 0.857 bits per heavy atom. The molecular formula is C45H62N10O13S2. The maximum absolute atomic E-state index is 14.3. The molecule has 0 aliphatic carbocycles. The Kier molecular flexibility index (Phi) is 20.8. The average Bonchev–Trinajstić information content (AvgIpc) is 3.69. The molecule has 2 aliphatic heterocycles. The molecule has 25 heteroatoms. The van der Waals surface area contributed by atoms with E-state index in [-0.39, 0.29) is 42.4 Å². The number of thioether (sulfide) groups is 2. The third-order valence-electron chi connectivity index (χ3n) is 11.5. The third kappa shape index (κ3) is 16.3. The second-order valence-electron chi connectivity index (χ2n) is 17.7. The van der Waals surface area contributed by atoms with Crippen LogP contribution in [0.2, 0.25) is 0 Å². The van der Waals surface area contributed by atoms with Crippen LogP contribution in [0.5, 0.6) is 0 Å². The van der Waals surface area contributed by atoms with Gasteiger partial charge in [0.15, 0.2) is 17.6 Å². The molecule has 1 aromatic carbocycles. The van der Waals surface area contributed by atoms with E-state index in [0.29, 0.717) is 5.56 Å². The number of ketones is 2. The van der Waals surface area contributed by atoms with Crippen molar-refractivity contribution in [3.63, 3.8) is 0 Å². The second kappa shape index (κ2) is 25.9. The number of carbonyl (C=O) groups is 12. The number of hydrogen-bond acceptors (Lipinski definition) is 14. The van der Waals surface area contributed by atoms with Crippen LogP contribution < -0.4 is 47.9 Å². The van der Waals surface area contributed by atoms with E-state index in [1.807, 2.05) is 32.0 Å². The molecule has 8 atom stereocenters. The number of aromatic amines is 1. The Morgan fingerprint density at radius 3 is 2.19 bits per heavy atom. The van der Waals surface area contributed by atoms with Gasteiger partial charge in [-0.3, -0.25) is 57.5 Å². The van der Waals surface area contributed by atoms with E-state index in [1.54, 1.807) is 18.5 Å². The predicted molar refractivity (Wildman–Crippen MR) is 258 cm³/mol. The first-order valence-corrected chi connectivity index (χ1v) is 25.1. The van der Waals surface area contributed by atoms with Crippen molar-refractivity contribution in [1.29, 1.82) is 0 Å². The van der Waals surface area contributed by atoms with Crippen molar-refractivity contribution < 1.29 is 62.6 Å². The number of Topliss-reactive ketones (excluding diaryl/α,β-unsaturated/α-hetero) is 2. The molecule has 11 N–H and O–H groups in total. The van der Waals surface area contributed by atoms with Crippen LogP contribution in [0.25, 0.3) is 10.9 Å². The van der Waals surface area contributed by atoms with Gasteiger partial charge in [-0.1, -0.05) is 32.0 Å².